The lowest BCUT2D eigenvalue weighted by Gasteiger charge is -2.07. The Hall–Kier alpha value is -2.33. The number of hydrogen-bond acceptors (Lipinski definition) is 2. The number of carbonyl (C=O) groups is 2. The molecular weight excluding hydrogens is 312 g/mol. The standard InChI is InChI=1S/C18H19ClN2O2/c1-13-5-7-16(8-6-13)21-18(23)12-17(22)20-10-9-14-3-2-4-15(19)11-14/h2-8,11H,9-10,12H2,1H3,(H,20,22)(H,21,23). The van der Waals surface area contributed by atoms with Gasteiger partial charge in [-0.3, -0.25) is 9.59 Å². The van der Waals surface area contributed by atoms with E-state index in [0.717, 1.165) is 11.1 Å². The van der Waals surface area contributed by atoms with Gasteiger partial charge in [0.15, 0.2) is 0 Å². The second-order valence-corrected chi connectivity index (χ2v) is 5.76. The molecule has 0 aliphatic heterocycles. The van der Waals surface area contributed by atoms with Crippen LogP contribution in [0.25, 0.3) is 0 Å². The van der Waals surface area contributed by atoms with Gasteiger partial charge in [0.2, 0.25) is 11.8 Å². The van der Waals surface area contributed by atoms with Crippen LogP contribution in [0.1, 0.15) is 17.5 Å². The largest absolute Gasteiger partial charge is 0.355 e. The molecule has 0 aliphatic rings. The highest BCUT2D eigenvalue weighted by Gasteiger charge is 2.09. The van der Waals surface area contributed by atoms with E-state index in [9.17, 15) is 9.59 Å². The zero-order valence-electron chi connectivity index (χ0n) is 12.9. The van der Waals surface area contributed by atoms with Crippen LogP contribution in [0.3, 0.4) is 0 Å². The molecule has 2 amide bonds. The summed E-state index contributed by atoms with van der Waals surface area (Å²) >= 11 is 5.90. The van der Waals surface area contributed by atoms with Gasteiger partial charge in [0.1, 0.15) is 6.42 Å². The molecule has 2 aromatic carbocycles. The average molecular weight is 331 g/mol. The van der Waals surface area contributed by atoms with Crippen molar-refractivity contribution in [3.05, 3.63) is 64.7 Å². The minimum absolute atomic E-state index is 0.191. The van der Waals surface area contributed by atoms with Gasteiger partial charge >= 0.3 is 0 Å². The van der Waals surface area contributed by atoms with E-state index in [1.165, 1.54) is 0 Å². The van der Waals surface area contributed by atoms with Gasteiger partial charge in [-0.1, -0.05) is 41.4 Å². The normalized spacial score (nSPS) is 10.2. The molecule has 0 aliphatic carbocycles. The fourth-order valence-corrected chi connectivity index (χ4v) is 2.30. The number of nitrogens with one attached hydrogen (secondary N) is 2. The zero-order valence-corrected chi connectivity index (χ0v) is 13.7. The lowest BCUT2D eigenvalue weighted by molar-refractivity contribution is -0.126. The van der Waals surface area contributed by atoms with E-state index in [-0.39, 0.29) is 18.2 Å². The van der Waals surface area contributed by atoms with E-state index in [4.69, 9.17) is 11.6 Å². The number of benzene rings is 2. The molecule has 4 nitrogen and oxygen atoms in total. The zero-order chi connectivity index (χ0) is 16.7. The number of rotatable bonds is 6. The lowest BCUT2D eigenvalue weighted by Crippen LogP contribution is -2.29. The Morgan fingerprint density at radius 3 is 2.48 bits per heavy atom. The van der Waals surface area contributed by atoms with Crippen molar-refractivity contribution < 1.29 is 9.59 Å². The van der Waals surface area contributed by atoms with Crippen molar-refractivity contribution in [1.29, 1.82) is 0 Å². The molecule has 0 fully saturated rings. The summed E-state index contributed by atoms with van der Waals surface area (Å²) in [7, 11) is 0. The molecule has 0 saturated heterocycles. The third-order valence-corrected chi connectivity index (χ3v) is 3.52. The summed E-state index contributed by atoms with van der Waals surface area (Å²) in [6.07, 6.45) is 0.481. The molecule has 0 heterocycles. The highest BCUT2D eigenvalue weighted by Crippen LogP contribution is 2.11. The van der Waals surface area contributed by atoms with E-state index in [2.05, 4.69) is 10.6 Å². The first-order chi connectivity index (χ1) is 11.0. The molecule has 0 bridgehead atoms. The smallest absolute Gasteiger partial charge is 0.233 e. The quantitative estimate of drug-likeness (QED) is 0.798. The van der Waals surface area contributed by atoms with Crippen LogP contribution in [-0.4, -0.2) is 18.4 Å². The van der Waals surface area contributed by atoms with Crippen LogP contribution in [0.4, 0.5) is 5.69 Å². The van der Waals surface area contributed by atoms with Crippen molar-refractivity contribution in [1.82, 2.24) is 5.32 Å². The second kappa shape index (κ2) is 8.34. The Morgan fingerprint density at radius 2 is 1.78 bits per heavy atom. The Bertz CT molecular complexity index is 684. The SMILES string of the molecule is Cc1ccc(NC(=O)CC(=O)NCCc2cccc(Cl)c2)cc1. The van der Waals surface area contributed by atoms with Crippen molar-refractivity contribution in [3.63, 3.8) is 0 Å². The van der Waals surface area contributed by atoms with Gasteiger partial charge in [-0.05, 0) is 43.2 Å². The molecule has 2 rings (SSSR count). The molecule has 120 valence electrons. The van der Waals surface area contributed by atoms with Gasteiger partial charge in [0.05, 0.1) is 0 Å². The summed E-state index contributed by atoms with van der Waals surface area (Å²) in [6.45, 7) is 2.44. The predicted molar refractivity (Wildman–Crippen MR) is 92.6 cm³/mol. The molecule has 0 unspecified atom stereocenters. The van der Waals surface area contributed by atoms with Crippen molar-refractivity contribution in [3.8, 4) is 0 Å². The molecule has 0 saturated carbocycles. The Morgan fingerprint density at radius 1 is 1.04 bits per heavy atom. The number of halogens is 1. The van der Waals surface area contributed by atoms with E-state index >= 15 is 0 Å². The third-order valence-electron chi connectivity index (χ3n) is 3.28. The maximum atomic E-state index is 11.8. The summed E-state index contributed by atoms with van der Waals surface area (Å²) in [4.78, 5) is 23.6. The van der Waals surface area contributed by atoms with Crippen molar-refractivity contribution in [2.24, 2.45) is 0 Å². The minimum atomic E-state index is -0.325. The summed E-state index contributed by atoms with van der Waals surface area (Å²) in [5.74, 6) is -0.620. The molecule has 5 heteroatoms. The number of aryl methyl sites for hydroxylation is 1. The summed E-state index contributed by atoms with van der Waals surface area (Å²) in [5.41, 5.74) is 2.84. The second-order valence-electron chi connectivity index (χ2n) is 5.32. The first-order valence-corrected chi connectivity index (χ1v) is 7.78. The van der Waals surface area contributed by atoms with Crippen LogP contribution in [0, 0.1) is 6.92 Å². The van der Waals surface area contributed by atoms with Gasteiger partial charge < -0.3 is 10.6 Å². The molecule has 0 radical (unpaired) electrons. The molecular formula is C18H19ClN2O2. The van der Waals surface area contributed by atoms with E-state index in [1.54, 1.807) is 6.07 Å². The first kappa shape index (κ1) is 17.0. The molecule has 2 N–H and O–H groups in total. The van der Waals surface area contributed by atoms with Crippen LogP contribution >= 0.6 is 11.6 Å². The highest BCUT2D eigenvalue weighted by molar-refractivity contribution is 6.30. The van der Waals surface area contributed by atoms with Crippen LogP contribution in [0.5, 0.6) is 0 Å². The van der Waals surface area contributed by atoms with Gasteiger partial charge in [0, 0.05) is 17.3 Å². The Labute approximate surface area is 140 Å². The van der Waals surface area contributed by atoms with Gasteiger partial charge in [0.25, 0.3) is 0 Å². The van der Waals surface area contributed by atoms with Gasteiger partial charge in [-0.15, -0.1) is 0 Å². The molecule has 0 atom stereocenters. The third kappa shape index (κ3) is 6.12. The monoisotopic (exact) mass is 330 g/mol. The predicted octanol–water partition coefficient (Wildman–Crippen LogP) is 3.34. The topological polar surface area (TPSA) is 58.2 Å². The fraction of sp³-hybridized carbons (Fsp3) is 0.222. The number of carbonyl (C=O) groups excluding carboxylic acids is 2. The molecule has 0 aromatic heterocycles. The van der Waals surface area contributed by atoms with Crippen LogP contribution < -0.4 is 10.6 Å². The van der Waals surface area contributed by atoms with E-state index in [1.807, 2.05) is 49.4 Å². The number of amides is 2. The average Bonchev–Trinajstić information content (AvgIpc) is 2.49. The number of hydrogen-bond donors (Lipinski definition) is 2. The lowest BCUT2D eigenvalue weighted by atomic mass is 10.1. The Balaban J connectivity index is 1.71. The van der Waals surface area contributed by atoms with E-state index in [0.29, 0.717) is 23.7 Å². The van der Waals surface area contributed by atoms with Crippen LogP contribution in [0.2, 0.25) is 5.02 Å². The number of anilines is 1. The molecule has 0 spiro atoms. The summed E-state index contributed by atoms with van der Waals surface area (Å²) < 4.78 is 0. The van der Waals surface area contributed by atoms with Crippen LogP contribution in [-0.2, 0) is 16.0 Å². The van der Waals surface area contributed by atoms with Crippen molar-refractivity contribution in [2.75, 3.05) is 11.9 Å². The molecule has 2 aromatic rings. The highest BCUT2D eigenvalue weighted by atomic mass is 35.5. The summed E-state index contributed by atoms with van der Waals surface area (Å²) in [5, 5.41) is 6.10. The molecule has 23 heavy (non-hydrogen) atoms. The summed E-state index contributed by atoms with van der Waals surface area (Å²) in [6, 6.07) is 14.9. The van der Waals surface area contributed by atoms with Crippen molar-refractivity contribution in [2.45, 2.75) is 19.8 Å². The van der Waals surface area contributed by atoms with Gasteiger partial charge in [-0.25, -0.2) is 0 Å². The van der Waals surface area contributed by atoms with Crippen molar-refractivity contribution >= 4 is 29.1 Å². The van der Waals surface area contributed by atoms with Crippen LogP contribution in [0.15, 0.2) is 48.5 Å². The Kier molecular flexibility index (Phi) is 6.18. The van der Waals surface area contributed by atoms with Gasteiger partial charge in [-0.2, -0.15) is 0 Å². The first-order valence-electron chi connectivity index (χ1n) is 7.40. The minimum Gasteiger partial charge on any atom is -0.355 e. The van der Waals surface area contributed by atoms with E-state index < -0.39 is 0 Å². The fourth-order valence-electron chi connectivity index (χ4n) is 2.09. The maximum absolute atomic E-state index is 11.8. The maximum Gasteiger partial charge on any atom is 0.233 e.